The summed E-state index contributed by atoms with van der Waals surface area (Å²) >= 11 is 0. The highest BCUT2D eigenvalue weighted by Gasteiger charge is 2.43. The lowest BCUT2D eigenvalue weighted by Gasteiger charge is -2.36. The van der Waals surface area contributed by atoms with E-state index in [1.807, 2.05) is 19.0 Å². The van der Waals surface area contributed by atoms with Gasteiger partial charge in [-0.05, 0) is 51.4 Å². The number of likely N-dealkylation sites (tertiary alicyclic amines) is 3. The lowest BCUT2D eigenvalue weighted by Crippen LogP contribution is -2.45. The number of carbonyl (C=O) groups is 1. The van der Waals surface area contributed by atoms with Crippen LogP contribution >= 0.6 is 0 Å². The Bertz CT molecular complexity index is 437. The fraction of sp³-hybridized carbons (Fsp3) is 0.947. The summed E-state index contributed by atoms with van der Waals surface area (Å²) in [6.45, 7) is 15.3. The molecular formula is C19H36N4O. The molecule has 0 bridgehead atoms. The lowest BCUT2D eigenvalue weighted by atomic mass is 9.96. The van der Waals surface area contributed by atoms with Gasteiger partial charge in [-0.2, -0.15) is 0 Å². The van der Waals surface area contributed by atoms with Crippen LogP contribution in [-0.4, -0.2) is 91.1 Å². The van der Waals surface area contributed by atoms with Crippen LogP contribution in [-0.2, 0) is 0 Å². The first-order valence-corrected chi connectivity index (χ1v) is 9.67. The molecule has 0 saturated carbocycles. The van der Waals surface area contributed by atoms with E-state index in [1.54, 1.807) is 4.90 Å². The smallest absolute Gasteiger partial charge is 0.319 e. The molecule has 3 rings (SSSR count). The molecule has 3 heterocycles. The predicted molar refractivity (Wildman–Crippen MR) is 98.1 cm³/mol. The summed E-state index contributed by atoms with van der Waals surface area (Å²) in [5, 5.41) is 0. The van der Waals surface area contributed by atoms with E-state index in [1.165, 1.54) is 45.6 Å². The van der Waals surface area contributed by atoms with Gasteiger partial charge in [-0.1, -0.05) is 0 Å². The van der Waals surface area contributed by atoms with E-state index in [2.05, 4.69) is 30.6 Å². The van der Waals surface area contributed by atoms with E-state index in [9.17, 15) is 4.79 Å². The van der Waals surface area contributed by atoms with Crippen molar-refractivity contribution in [3.05, 3.63) is 0 Å². The molecule has 138 valence electrons. The lowest BCUT2D eigenvalue weighted by molar-refractivity contribution is 0.125. The number of urea groups is 1. The molecule has 0 radical (unpaired) electrons. The second-order valence-corrected chi connectivity index (χ2v) is 9.42. The van der Waals surface area contributed by atoms with Gasteiger partial charge in [-0.15, -0.1) is 0 Å². The van der Waals surface area contributed by atoms with Crippen molar-refractivity contribution in [2.75, 3.05) is 59.9 Å². The van der Waals surface area contributed by atoms with E-state index >= 15 is 0 Å². The van der Waals surface area contributed by atoms with Gasteiger partial charge >= 0.3 is 6.03 Å². The van der Waals surface area contributed by atoms with Gasteiger partial charge in [0.05, 0.1) is 0 Å². The quantitative estimate of drug-likeness (QED) is 0.773. The van der Waals surface area contributed by atoms with Crippen molar-refractivity contribution in [2.24, 2.45) is 17.8 Å². The van der Waals surface area contributed by atoms with Gasteiger partial charge in [-0.25, -0.2) is 4.79 Å². The zero-order chi connectivity index (χ0) is 17.5. The Hall–Kier alpha value is -0.810. The van der Waals surface area contributed by atoms with Crippen LogP contribution in [0.4, 0.5) is 4.79 Å². The molecule has 0 aliphatic carbocycles. The van der Waals surface area contributed by atoms with E-state index in [-0.39, 0.29) is 6.03 Å². The normalized spacial score (nSPS) is 30.0. The van der Waals surface area contributed by atoms with Gasteiger partial charge in [-0.3, -0.25) is 4.90 Å². The molecule has 0 aromatic heterocycles. The van der Waals surface area contributed by atoms with Crippen LogP contribution < -0.4 is 0 Å². The predicted octanol–water partition coefficient (Wildman–Crippen LogP) is 2.04. The highest BCUT2D eigenvalue weighted by Crippen LogP contribution is 2.35. The molecule has 0 aromatic rings. The molecule has 3 saturated heterocycles. The maximum absolute atomic E-state index is 12.0. The van der Waals surface area contributed by atoms with Crippen LogP contribution in [0.2, 0.25) is 0 Å². The Morgan fingerprint density at radius 1 is 1.00 bits per heavy atom. The highest BCUT2D eigenvalue weighted by atomic mass is 16.2. The van der Waals surface area contributed by atoms with Crippen molar-refractivity contribution < 1.29 is 4.79 Å². The first-order valence-electron chi connectivity index (χ1n) is 9.67. The third-order valence-corrected chi connectivity index (χ3v) is 6.29. The molecule has 0 unspecified atom stereocenters. The minimum atomic E-state index is 0.173. The van der Waals surface area contributed by atoms with Crippen LogP contribution in [0.15, 0.2) is 0 Å². The van der Waals surface area contributed by atoms with Crippen LogP contribution in [0, 0.1) is 17.8 Å². The minimum absolute atomic E-state index is 0.173. The number of piperidine rings is 1. The molecule has 2 amide bonds. The molecule has 24 heavy (non-hydrogen) atoms. The van der Waals surface area contributed by atoms with Crippen LogP contribution in [0.1, 0.15) is 33.6 Å². The van der Waals surface area contributed by atoms with Gasteiger partial charge in [0.1, 0.15) is 0 Å². The molecule has 0 aromatic carbocycles. The summed E-state index contributed by atoms with van der Waals surface area (Å²) in [5.74, 6) is 2.52. The van der Waals surface area contributed by atoms with Crippen LogP contribution in [0.25, 0.3) is 0 Å². The Morgan fingerprint density at radius 3 is 2.00 bits per heavy atom. The molecule has 3 aliphatic rings. The second kappa shape index (κ2) is 6.83. The maximum atomic E-state index is 12.0. The summed E-state index contributed by atoms with van der Waals surface area (Å²) in [4.78, 5) is 21.1. The van der Waals surface area contributed by atoms with Gasteiger partial charge in [0.25, 0.3) is 0 Å². The average molecular weight is 337 g/mol. The zero-order valence-electron chi connectivity index (χ0n) is 16.3. The largest absolute Gasteiger partial charge is 0.331 e. The topological polar surface area (TPSA) is 30.0 Å². The number of hydrogen-bond acceptors (Lipinski definition) is 3. The number of carbonyl (C=O) groups excluding carboxylic acids is 1. The van der Waals surface area contributed by atoms with Crippen molar-refractivity contribution in [3.63, 3.8) is 0 Å². The molecule has 2 atom stereocenters. The zero-order valence-corrected chi connectivity index (χ0v) is 16.3. The summed E-state index contributed by atoms with van der Waals surface area (Å²) in [6.07, 6.45) is 2.33. The van der Waals surface area contributed by atoms with Gasteiger partial charge in [0.15, 0.2) is 0 Å². The van der Waals surface area contributed by atoms with Crippen molar-refractivity contribution in [2.45, 2.75) is 39.2 Å². The molecule has 0 N–H and O–H groups in total. The number of fused-ring (bicyclic) bond motifs is 1. The van der Waals surface area contributed by atoms with Crippen LogP contribution in [0.3, 0.4) is 0 Å². The first-order chi connectivity index (χ1) is 11.2. The maximum Gasteiger partial charge on any atom is 0.319 e. The van der Waals surface area contributed by atoms with E-state index in [0.29, 0.717) is 5.54 Å². The minimum Gasteiger partial charge on any atom is -0.331 e. The van der Waals surface area contributed by atoms with E-state index < -0.39 is 0 Å². The van der Waals surface area contributed by atoms with E-state index in [4.69, 9.17) is 0 Å². The Balaban J connectivity index is 1.42. The Morgan fingerprint density at radius 2 is 1.54 bits per heavy atom. The fourth-order valence-corrected chi connectivity index (χ4v) is 4.74. The van der Waals surface area contributed by atoms with Crippen molar-refractivity contribution in [1.82, 2.24) is 19.6 Å². The average Bonchev–Trinajstić information content (AvgIpc) is 3.05. The van der Waals surface area contributed by atoms with Crippen molar-refractivity contribution in [3.8, 4) is 0 Å². The summed E-state index contributed by atoms with van der Waals surface area (Å²) < 4.78 is 0. The van der Waals surface area contributed by atoms with Crippen molar-refractivity contribution >= 4 is 6.03 Å². The molecular weight excluding hydrogens is 300 g/mol. The van der Waals surface area contributed by atoms with E-state index in [0.717, 1.165) is 30.8 Å². The van der Waals surface area contributed by atoms with Gasteiger partial charge in [0.2, 0.25) is 0 Å². The SMILES string of the molecule is CN(C)C(=O)N1CCC(CN2C[C@@H]3CN(C(C)(C)C)C[C@@H]3C2)CC1. The first kappa shape index (κ1) is 18.0. The molecule has 5 heteroatoms. The molecule has 0 spiro atoms. The molecule has 3 aliphatic heterocycles. The summed E-state index contributed by atoms with van der Waals surface area (Å²) in [5.41, 5.74) is 0.320. The van der Waals surface area contributed by atoms with Gasteiger partial charge in [0, 0.05) is 65.4 Å². The monoisotopic (exact) mass is 336 g/mol. The number of nitrogens with zero attached hydrogens (tertiary/aromatic N) is 4. The second-order valence-electron chi connectivity index (χ2n) is 9.42. The number of rotatable bonds is 2. The fourth-order valence-electron chi connectivity index (χ4n) is 4.74. The molecule has 5 nitrogen and oxygen atoms in total. The number of amides is 2. The Kier molecular flexibility index (Phi) is 5.12. The Labute approximate surface area is 147 Å². The highest BCUT2D eigenvalue weighted by molar-refractivity contribution is 5.73. The van der Waals surface area contributed by atoms with Crippen molar-refractivity contribution in [1.29, 1.82) is 0 Å². The number of hydrogen-bond donors (Lipinski definition) is 0. The summed E-state index contributed by atoms with van der Waals surface area (Å²) in [6, 6.07) is 0.173. The third-order valence-electron chi connectivity index (χ3n) is 6.29. The summed E-state index contributed by atoms with van der Waals surface area (Å²) in [7, 11) is 3.69. The standard InChI is InChI=1S/C19H36N4O/c1-19(2,3)23-13-16-11-21(12-17(16)14-23)10-15-6-8-22(9-7-15)18(24)20(4)5/h15-17H,6-14H2,1-5H3/t16-,17+. The molecule has 3 fully saturated rings. The van der Waals surface area contributed by atoms with Crippen LogP contribution in [0.5, 0.6) is 0 Å². The van der Waals surface area contributed by atoms with Gasteiger partial charge < -0.3 is 14.7 Å². The third kappa shape index (κ3) is 3.88.